The predicted molar refractivity (Wildman–Crippen MR) is 262 cm³/mol. The monoisotopic (exact) mass is 826 g/mol. The average Bonchev–Trinajstić information content (AvgIpc) is 3.97. The van der Waals surface area contributed by atoms with Crippen molar-refractivity contribution < 1.29 is 9.47 Å². The summed E-state index contributed by atoms with van der Waals surface area (Å²) in [6, 6.07) is 81.7. The number of nitrogens with zero attached hydrogens (tertiary/aromatic N) is 2. The highest BCUT2D eigenvalue weighted by molar-refractivity contribution is 7.18. The van der Waals surface area contributed by atoms with Crippen molar-refractivity contribution in [1.82, 2.24) is 4.57 Å². The molecule has 5 heteroatoms. The predicted octanol–water partition coefficient (Wildman–Crippen LogP) is 16.9. The Bertz CT molecular complexity index is 3330. The van der Waals surface area contributed by atoms with Gasteiger partial charge in [0.05, 0.1) is 11.0 Å². The van der Waals surface area contributed by atoms with Crippen molar-refractivity contribution in [3.05, 3.63) is 231 Å². The van der Waals surface area contributed by atoms with Crippen LogP contribution < -0.4 is 14.4 Å². The summed E-state index contributed by atoms with van der Waals surface area (Å²) in [7, 11) is 0. The fourth-order valence-corrected chi connectivity index (χ4v) is 9.79. The van der Waals surface area contributed by atoms with Crippen LogP contribution >= 0.6 is 11.3 Å². The molecule has 0 spiro atoms. The van der Waals surface area contributed by atoms with Crippen LogP contribution in [-0.2, 0) is 0 Å². The number of para-hydroxylation sites is 3. The Morgan fingerprint density at radius 1 is 0.317 bits per heavy atom. The molecule has 0 fully saturated rings. The molecule has 0 radical (unpaired) electrons. The zero-order valence-electron chi connectivity index (χ0n) is 34.1. The minimum Gasteiger partial charge on any atom is -0.449 e. The van der Waals surface area contributed by atoms with Gasteiger partial charge in [-0.25, -0.2) is 0 Å². The Kier molecular flexibility index (Phi) is 8.98. The summed E-state index contributed by atoms with van der Waals surface area (Å²) in [6.45, 7) is 0. The van der Waals surface area contributed by atoms with Gasteiger partial charge in [0.15, 0.2) is 23.0 Å². The number of thiophene rings is 1. The van der Waals surface area contributed by atoms with Gasteiger partial charge in [0, 0.05) is 49.3 Å². The zero-order valence-corrected chi connectivity index (χ0v) is 34.9. The van der Waals surface area contributed by atoms with E-state index in [-0.39, 0.29) is 0 Å². The van der Waals surface area contributed by atoms with E-state index in [1.165, 1.54) is 43.1 Å². The summed E-state index contributed by atoms with van der Waals surface area (Å²) >= 11 is 1.81. The number of hydrogen-bond donors (Lipinski definition) is 0. The Morgan fingerprint density at radius 2 is 0.746 bits per heavy atom. The lowest BCUT2D eigenvalue weighted by Crippen LogP contribution is -2.09. The molecule has 0 amide bonds. The SMILES string of the molecule is c1ccc(-c2ccc(N(c3ccc(-c4ccccc4)cc3)c3ccc(-c4ccc(-c5ccc6c7cc8c(cc7n(-c7ccccc7)c6c5)Oc5ccccc5O8)s4)cc3)cc2)cc1. The maximum atomic E-state index is 6.38. The summed E-state index contributed by atoms with van der Waals surface area (Å²) in [6.07, 6.45) is 0. The molecule has 63 heavy (non-hydrogen) atoms. The molecule has 0 saturated heterocycles. The van der Waals surface area contributed by atoms with Crippen molar-refractivity contribution >= 4 is 50.2 Å². The number of ether oxygens (including phenoxy) is 2. The lowest BCUT2D eigenvalue weighted by molar-refractivity contribution is 0.360. The highest BCUT2D eigenvalue weighted by atomic mass is 32.1. The number of fused-ring (bicyclic) bond motifs is 5. The fourth-order valence-electron chi connectivity index (χ4n) is 8.79. The van der Waals surface area contributed by atoms with Crippen LogP contribution in [0.4, 0.5) is 17.1 Å². The molecule has 298 valence electrons. The molecular weight excluding hydrogens is 789 g/mol. The first-order valence-corrected chi connectivity index (χ1v) is 22.0. The standard InChI is InChI=1S/C58H38N2O2S/c1-4-12-39(13-5-1)41-20-27-46(28-21-41)59(47-29-22-42(23-30-47)40-14-6-2-7-15-40)48-31-24-43(25-32-48)57-34-35-58(63-57)44-26-33-49-50-37-55-56(62-54-19-11-10-18-53(54)61-55)38-52(50)60(51(49)36-44)45-16-8-3-9-17-45/h1-38H. The third kappa shape index (κ3) is 6.72. The van der Waals surface area contributed by atoms with Gasteiger partial charge in [0.2, 0.25) is 0 Å². The van der Waals surface area contributed by atoms with E-state index in [9.17, 15) is 0 Å². The van der Waals surface area contributed by atoms with Gasteiger partial charge < -0.3 is 18.9 Å². The van der Waals surface area contributed by atoms with Gasteiger partial charge in [0.1, 0.15) is 0 Å². The molecule has 0 unspecified atom stereocenters. The molecule has 0 atom stereocenters. The van der Waals surface area contributed by atoms with Gasteiger partial charge in [0.25, 0.3) is 0 Å². The molecule has 4 nitrogen and oxygen atoms in total. The van der Waals surface area contributed by atoms with E-state index in [2.05, 4.69) is 216 Å². The maximum Gasteiger partial charge on any atom is 0.172 e. The zero-order chi connectivity index (χ0) is 41.7. The van der Waals surface area contributed by atoms with E-state index in [4.69, 9.17) is 9.47 Å². The van der Waals surface area contributed by atoms with Crippen LogP contribution in [0.25, 0.3) is 70.6 Å². The quantitative estimate of drug-likeness (QED) is 0.153. The van der Waals surface area contributed by atoms with Crippen LogP contribution in [0.2, 0.25) is 0 Å². The van der Waals surface area contributed by atoms with Crippen LogP contribution in [0.5, 0.6) is 23.0 Å². The van der Waals surface area contributed by atoms with Gasteiger partial charge in [-0.05, 0) is 118 Å². The second kappa shape index (κ2) is 15.4. The van der Waals surface area contributed by atoms with Crippen molar-refractivity contribution in [2.45, 2.75) is 0 Å². The summed E-state index contributed by atoms with van der Waals surface area (Å²) in [5, 5.41) is 2.27. The summed E-state index contributed by atoms with van der Waals surface area (Å²) < 4.78 is 15.1. The summed E-state index contributed by atoms with van der Waals surface area (Å²) in [5.74, 6) is 2.87. The average molecular weight is 827 g/mol. The van der Waals surface area contributed by atoms with E-state index in [0.717, 1.165) is 61.8 Å². The van der Waals surface area contributed by atoms with E-state index in [0.29, 0.717) is 5.75 Å². The van der Waals surface area contributed by atoms with Crippen LogP contribution in [-0.4, -0.2) is 4.57 Å². The fraction of sp³-hybridized carbons (Fsp3) is 0. The smallest absolute Gasteiger partial charge is 0.172 e. The Labute approximate surface area is 369 Å². The highest BCUT2D eigenvalue weighted by Gasteiger charge is 2.23. The van der Waals surface area contributed by atoms with E-state index in [1.807, 2.05) is 35.6 Å². The molecule has 12 rings (SSSR count). The van der Waals surface area contributed by atoms with Gasteiger partial charge in [-0.3, -0.25) is 0 Å². The Balaban J connectivity index is 0.887. The third-order valence-electron chi connectivity index (χ3n) is 11.9. The molecule has 0 aliphatic carbocycles. The molecular formula is C58H38N2O2S. The molecule has 0 saturated carbocycles. The third-order valence-corrected chi connectivity index (χ3v) is 13.1. The molecule has 3 heterocycles. The van der Waals surface area contributed by atoms with Gasteiger partial charge in [-0.1, -0.05) is 140 Å². The molecule has 0 bridgehead atoms. The number of aromatic nitrogens is 1. The van der Waals surface area contributed by atoms with Gasteiger partial charge in [-0.2, -0.15) is 0 Å². The lowest BCUT2D eigenvalue weighted by atomic mass is 10.0. The number of benzene rings is 9. The molecule has 2 aromatic heterocycles. The van der Waals surface area contributed by atoms with E-state index >= 15 is 0 Å². The number of anilines is 3. The van der Waals surface area contributed by atoms with E-state index < -0.39 is 0 Å². The van der Waals surface area contributed by atoms with Crippen LogP contribution in [0, 0.1) is 0 Å². The van der Waals surface area contributed by atoms with Gasteiger partial charge >= 0.3 is 0 Å². The van der Waals surface area contributed by atoms with Crippen molar-refractivity contribution in [2.24, 2.45) is 0 Å². The topological polar surface area (TPSA) is 26.6 Å². The largest absolute Gasteiger partial charge is 0.449 e. The molecule has 1 aliphatic heterocycles. The minimum atomic E-state index is 0.709. The van der Waals surface area contributed by atoms with Crippen LogP contribution in [0.1, 0.15) is 0 Å². The van der Waals surface area contributed by atoms with Crippen LogP contribution in [0.15, 0.2) is 231 Å². The van der Waals surface area contributed by atoms with Crippen molar-refractivity contribution in [3.63, 3.8) is 0 Å². The normalized spacial score (nSPS) is 11.7. The summed E-state index contributed by atoms with van der Waals surface area (Å²) in [5.41, 5.74) is 13.7. The highest BCUT2D eigenvalue weighted by Crippen LogP contribution is 2.49. The Hall–Kier alpha value is -8.12. The second-order valence-electron chi connectivity index (χ2n) is 15.7. The van der Waals surface area contributed by atoms with Crippen molar-refractivity contribution in [2.75, 3.05) is 4.90 Å². The number of hydrogen-bond acceptors (Lipinski definition) is 4. The maximum absolute atomic E-state index is 6.38. The first-order valence-electron chi connectivity index (χ1n) is 21.1. The molecule has 1 aliphatic rings. The van der Waals surface area contributed by atoms with Gasteiger partial charge in [-0.15, -0.1) is 11.3 Å². The minimum absolute atomic E-state index is 0.709. The first kappa shape index (κ1) is 36.7. The first-order chi connectivity index (χ1) is 31.2. The van der Waals surface area contributed by atoms with Crippen molar-refractivity contribution in [3.8, 4) is 71.8 Å². The van der Waals surface area contributed by atoms with Crippen LogP contribution in [0.3, 0.4) is 0 Å². The van der Waals surface area contributed by atoms with Crippen molar-refractivity contribution in [1.29, 1.82) is 0 Å². The lowest BCUT2D eigenvalue weighted by Gasteiger charge is -2.26. The second-order valence-corrected chi connectivity index (χ2v) is 16.8. The number of rotatable bonds is 8. The van der Waals surface area contributed by atoms with E-state index in [1.54, 1.807) is 0 Å². The molecule has 11 aromatic rings. The molecule has 0 N–H and O–H groups in total. The Morgan fingerprint density at radius 3 is 1.30 bits per heavy atom. The summed E-state index contributed by atoms with van der Waals surface area (Å²) in [4.78, 5) is 4.76. The molecule has 9 aromatic carbocycles.